The number of hydrogen-bond acceptors (Lipinski definition) is 2. The molecule has 1 aromatic heterocycles. The van der Waals surface area contributed by atoms with Crippen molar-refractivity contribution in [3.8, 4) is 0 Å². The lowest BCUT2D eigenvalue weighted by Crippen LogP contribution is -2.27. The van der Waals surface area contributed by atoms with Gasteiger partial charge in [-0.1, -0.05) is 54.1 Å². The number of nitrogens with zero attached hydrogens (tertiary/aromatic N) is 2. The molecule has 0 aliphatic heterocycles. The number of halogens is 1. The number of aromatic nitrogens is 2. The Labute approximate surface area is 151 Å². The zero-order valence-corrected chi connectivity index (χ0v) is 14.5. The third kappa shape index (κ3) is 4.81. The fourth-order valence-electron chi connectivity index (χ4n) is 2.24. The molecule has 3 aromatic rings. The van der Waals surface area contributed by atoms with Crippen LogP contribution in [0.5, 0.6) is 0 Å². The standard InChI is InChI=1S/C18H17ClN4S/c19-16-8-6-14(7-9-16)10-20-18(24)22-17-11-21-23(13-17)12-15-4-2-1-3-5-15/h1-9,11,13H,10,12H2,(H2,20,22,24). The highest BCUT2D eigenvalue weighted by atomic mass is 35.5. The van der Waals surface area contributed by atoms with E-state index in [2.05, 4.69) is 27.9 Å². The zero-order valence-electron chi connectivity index (χ0n) is 12.9. The average molecular weight is 357 g/mol. The molecule has 3 rings (SSSR count). The van der Waals surface area contributed by atoms with Crippen LogP contribution in [0.25, 0.3) is 0 Å². The molecule has 0 atom stereocenters. The lowest BCUT2D eigenvalue weighted by atomic mass is 10.2. The second-order valence-corrected chi connectivity index (χ2v) is 6.19. The summed E-state index contributed by atoms with van der Waals surface area (Å²) >= 11 is 11.2. The van der Waals surface area contributed by atoms with E-state index in [0.717, 1.165) is 22.8 Å². The van der Waals surface area contributed by atoms with E-state index < -0.39 is 0 Å². The summed E-state index contributed by atoms with van der Waals surface area (Å²) in [6, 6.07) is 17.9. The smallest absolute Gasteiger partial charge is 0.171 e. The summed E-state index contributed by atoms with van der Waals surface area (Å²) in [5, 5.41) is 11.9. The number of thiocarbonyl (C=S) groups is 1. The fraction of sp³-hybridized carbons (Fsp3) is 0.111. The molecule has 0 saturated carbocycles. The molecule has 0 fully saturated rings. The van der Waals surface area contributed by atoms with Crippen LogP contribution in [0.15, 0.2) is 67.0 Å². The van der Waals surface area contributed by atoms with E-state index in [0.29, 0.717) is 11.7 Å². The summed E-state index contributed by atoms with van der Waals surface area (Å²) in [6.07, 6.45) is 3.70. The van der Waals surface area contributed by atoms with Gasteiger partial charge in [-0.25, -0.2) is 0 Å². The van der Waals surface area contributed by atoms with Gasteiger partial charge in [-0.15, -0.1) is 0 Å². The summed E-state index contributed by atoms with van der Waals surface area (Å²) in [6.45, 7) is 1.37. The minimum Gasteiger partial charge on any atom is -0.358 e. The van der Waals surface area contributed by atoms with Crippen molar-refractivity contribution in [2.75, 3.05) is 5.32 Å². The maximum atomic E-state index is 5.87. The number of nitrogens with one attached hydrogen (secondary N) is 2. The monoisotopic (exact) mass is 356 g/mol. The van der Waals surface area contributed by atoms with Crippen LogP contribution in [0.1, 0.15) is 11.1 Å². The molecule has 6 heteroatoms. The van der Waals surface area contributed by atoms with Gasteiger partial charge in [0.2, 0.25) is 0 Å². The van der Waals surface area contributed by atoms with Gasteiger partial charge < -0.3 is 10.6 Å². The molecule has 0 saturated heterocycles. The van der Waals surface area contributed by atoms with Crippen molar-refractivity contribution in [1.82, 2.24) is 15.1 Å². The van der Waals surface area contributed by atoms with Crippen LogP contribution in [0.2, 0.25) is 5.02 Å². The zero-order chi connectivity index (χ0) is 16.8. The van der Waals surface area contributed by atoms with Crippen molar-refractivity contribution >= 4 is 34.6 Å². The molecule has 0 spiro atoms. The third-order valence-electron chi connectivity index (χ3n) is 3.44. The van der Waals surface area contributed by atoms with E-state index in [4.69, 9.17) is 23.8 Å². The highest BCUT2D eigenvalue weighted by Crippen LogP contribution is 2.10. The van der Waals surface area contributed by atoms with Gasteiger partial charge in [-0.3, -0.25) is 4.68 Å². The van der Waals surface area contributed by atoms with Crippen LogP contribution in [-0.4, -0.2) is 14.9 Å². The van der Waals surface area contributed by atoms with Gasteiger partial charge in [0.15, 0.2) is 5.11 Å². The van der Waals surface area contributed by atoms with E-state index in [9.17, 15) is 0 Å². The van der Waals surface area contributed by atoms with Crippen molar-refractivity contribution < 1.29 is 0 Å². The molecule has 2 N–H and O–H groups in total. The van der Waals surface area contributed by atoms with Gasteiger partial charge in [0.05, 0.1) is 18.4 Å². The first-order valence-corrected chi connectivity index (χ1v) is 8.33. The summed E-state index contributed by atoms with van der Waals surface area (Å²) in [7, 11) is 0. The summed E-state index contributed by atoms with van der Waals surface area (Å²) in [5.74, 6) is 0. The number of rotatable bonds is 5. The quantitative estimate of drug-likeness (QED) is 0.676. The Morgan fingerprint density at radius 3 is 2.54 bits per heavy atom. The molecule has 2 aromatic carbocycles. The van der Waals surface area contributed by atoms with Crippen LogP contribution < -0.4 is 10.6 Å². The van der Waals surface area contributed by atoms with E-state index in [1.165, 1.54) is 5.56 Å². The molecule has 0 amide bonds. The maximum Gasteiger partial charge on any atom is 0.171 e. The normalized spacial score (nSPS) is 10.4. The van der Waals surface area contributed by atoms with Crippen LogP contribution >= 0.6 is 23.8 Å². The molecular formula is C18H17ClN4S. The van der Waals surface area contributed by atoms with Crippen molar-refractivity contribution in [3.63, 3.8) is 0 Å². The molecule has 0 radical (unpaired) electrons. The lowest BCUT2D eigenvalue weighted by molar-refractivity contribution is 0.687. The van der Waals surface area contributed by atoms with E-state index in [1.54, 1.807) is 6.20 Å². The number of anilines is 1. The summed E-state index contributed by atoms with van der Waals surface area (Å²) in [5.41, 5.74) is 3.18. The Balaban J connectivity index is 1.50. The van der Waals surface area contributed by atoms with E-state index >= 15 is 0 Å². The lowest BCUT2D eigenvalue weighted by Gasteiger charge is -2.09. The van der Waals surface area contributed by atoms with Crippen LogP contribution in [0.3, 0.4) is 0 Å². The fourth-order valence-corrected chi connectivity index (χ4v) is 2.56. The van der Waals surface area contributed by atoms with Gasteiger partial charge in [-0.05, 0) is 35.5 Å². The Hall–Kier alpha value is -2.37. The molecule has 0 aliphatic rings. The Bertz CT molecular complexity index is 799. The minimum atomic E-state index is 0.559. The van der Waals surface area contributed by atoms with E-state index in [1.807, 2.05) is 53.3 Å². The summed E-state index contributed by atoms with van der Waals surface area (Å²) < 4.78 is 1.87. The van der Waals surface area contributed by atoms with Gasteiger partial charge in [-0.2, -0.15) is 5.10 Å². The largest absolute Gasteiger partial charge is 0.358 e. The van der Waals surface area contributed by atoms with Gasteiger partial charge in [0.1, 0.15) is 0 Å². The Kier molecular flexibility index (Phi) is 5.46. The molecular weight excluding hydrogens is 340 g/mol. The van der Waals surface area contributed by atoms with E-state index in [-0.39, 0.29) is 0 Å². The summed E-state index contributed by atoms with van der Waals surface area (Å²) in [4.78, 5) is 0. The molecule has 0 aliphatic carbocycles. The highest BCUT2D eigenvalue weighted by molar-refractivity contribution is 7.80. The van der Waals surface area contributed by atoms with Crippen LogP contribution in [0, 0.1) is 0 Å². The van der Waals surface area contributed by atoms with Crippen molar-refractivity contribution in [2.45, 2.75) is 13.1 Å². The predicted molar refractivity (Wildman–Crippen MR) is 102 cm³/mol. The first-order valence-electron chi connectivity index (χ1n) is 7.55. The maximum absolute atomic E-state index is 5.87. The molecule has 122 valence electrons. The van der Waals surface area contributed by atoms with Gasteiger partial charge >= 0.3 is 0 Å². The second kappa shape index (κ2) is 7.95. The predicted octanol–water partition coefficient (Wildman–Crippen LogP) is 4.07. The van der Waals surface area contributed by atoms with Crippen LogP contribution in [0.4, 0.5) is 5.69 Å². The molecule has 0 unspecified atom stereocenters. The highest BCUT2D eigenvalue weighted by Gasteiger charge is 2.02. The topological polar surface area (TPSA) is 41.9 Å². The minimum absolute atomic E-state index is 0.559. The molecule has 24 heavy (non-hydrogen) atoms. The number of hydrogen-bond donors (Lipinski definition) is 2. The van der Waals surface area contributed by atoms with Crippen molar-refractivity contribution in [2.24, 2.45) is 0 Å². The first-order chi connectivity index (χ1) is 11.7. The van der Waals surface area contributed by atoms with Crippen molar-refractivity contribution in [1.29, 1.82) is 0 Å². The molecule has 0 bridgehead atoms. The SMILES string of the molecule is S=C(NCc1ccc(Cl)cc1)Nc1cnn(Cc2ccccc2)c1. The first kappa shape index (κ1) is 16.5. The Morgan fingerprint density at radius 1 is 1.04 bits per heavy atom. The average Bonchev–Trinajstić information content (AvgIpc) is 3.02. The number of benzene rings is 2. The van der Waals surface area contributed by atoms with Gasteiger partial charge in [0, 0.05) is 17.8 Å². The molecule has 4 nitrogen and oxygen atoms in total. The third-order valence-corrected chi connectivity index (χ3v) is 3.94. The second-order valence-electron chi connectivity index (χ2n) is 5.35. The van der Waals surface area contributed by atoms with Gasteiger partial charge in [0.25, 0.3) is 0 Å². The van der Waals surface area contributed by atoms with Crippen LogP contribution in [-0.2, 0) is 13.1 Å². The van der Waals surface area contributed by atoms with Crippen molar-refractivity contribution in [3.05, 3.63) is 83.1 Å². The molecule has 1 heterocycles. The Morgan fingerprint density at radius 2 is 1.79 bits per heavy atom.